The van der Waals surface area contributed by atoms with E-state index < -0.39 is 17.6 Å². The van der Waals surface area contributed by atoms with Gasteiger partial charge < -0.3 is 14.6 Å². The van der Waals surface area contributed by atoms with Crippen LogP contribution in [0.15, 0.2) is 64.7 Å². The summed E-state index contributed by atoms with van der Waals surface area (Å²) in [6.45, 7) is 6.66. The number of alkyl halides is 3. The van der Waals surface area contributed by atoms with Crippen LogP contribution in [0.3, 0.4) is 0 Å². The number of anilines is 1. The van der Waals surface area contributed by atoms with Gasteiger partial charge in [-0.05, 0) is 49.2 Å². The minimum absolute atomic E-state index is 0.118. The van der Waals surface area contributed by atoms with Gasteiger partial charge >= 0.3 is 6.18 Å². The Hall–Kier alpha value is -2.79. The molecular formula is C24H24BrF3N4O2S. The summed E-state index contributed by atoms with van der Waals surface area (Å²) in [5.74, 6) is 0.842. The largest absolute Gasteiger partial charge is 0.493 e. The average Bonchev–Trinajstić information content (AvgIpc) is 3.18. The van der Waals surface area contributed by atoms with Crippen LogP contribution in [-0.2, 0) is 23.9 Å². The minimum atomic E-state index is -4.56. The van der Waals surface area contributed by atoms with Gasteiger partial charge in [0.05, 0.1) is 23.6 Å². The SMILES string of the molecule is C=CCn1c(CCCOc2ccc(Br)cc2C)nnc1SCC(=O)Nc1ccccc1C(F)(F)F. The third-order valence-electron chi connectivity index (χ3n) is 4.88. The smallest absolute Gasteiger partial charge is 0.418 e. The highest BCUT2D eigenvalue weighted by Gasteiger charge is 2.33. The third-order valence-corrected chi connectivity index (χ3v) is 6.34. The molecule has 3 rings (SSSR count). The Morgan fingerprint density at radius 3 is 2.74 bits per heavy atom. The fourth-order valence-corrected chi connectivity index (χ4v) is 4.51. The van der Waals surface area contributed by atoms with Crippen molar-refractivity contribution in [2.24, 2.45) is 0 Å². The molecule has 0 fully saturated rings. The second-order valence-electron chi connectivity index (χ2n) is 7.54. The molecule has 1 heterocycles. The molecule has 1 aromatic heterocycles. The number of rotatable bonds is 11. The van der Waals surface area contributed by atoms with E-state index in [9.17, 15) is 18.0 Å². The van der Waals surface area contributed by atoms with E-state index in [1.807, 2.05) is 29.7 Å². The number of para-hydroxylation sites is 1. The molecule has 0 unspecified atom stereocenters. The number of hydrogen-bond donors (Lipinski definition) is 1. The molecule has 0 aliphatic carbocycles. The summed E-state index contributed by atoms with van der Waals surface area (Å²) < 4.78 is 48.1. The quantitative estimate of drug-likeness (QED) is 0.167. The maximum absolute atomic E-state index is 13.2. The molecule has 6 nitrogen and oxygen atoms in total. The van der Waals surface area contributed by atoms with E-state index in [-0.39, 0.29) is 11.4 Å². The molecule has 0 saturated heterocycles. The zero-order valence-corrected chi connectivity index (χ0v) is 21.3. The van der Waals surface area contributed by atoms with E-state index in [1.54, 1.807) is 6.08 Å². The van der Waals surface area contributed by atoms with Crippen LogP contribution in [0.1, 0.15) is 23.4 Å². The lowest BCUT2D eigenvalue weighted by molar-refractivity contribution is -0.137. The molecule has 0 aliphatic rings. The van der Waals surface area contributed by atoms with Crippen LogP contribution in [0.5, 0.6) is 5.75 Å². The number of ether oxygens (including phenoxy) is 1. The molecule has 0 saturated carbocycles. The standard InChI is InChI=1S/C24H24BrF3N4O2S/c1-3-12-32-21(9-6-13-34-20-11-10-17(25)14-16(20)2)30-31-23(32)35-15-22(33)29-19-8-5-4-7-18(19)24(26,27)28/h3-5,7-8,10-11,14H,1,6,9,12-13,15H2,2H3,(H,29,33). The van der Waals surface area contributed by atoms with E-state index in [1.165, 1.54) is 18.2 Å². The highest BCUT2D eigenvalue weighted by Crippen LogP contribution is 2.34. The highest BCUT2D eigenvalue weighted by molar-refractivity contribution is 9.10. The molecule has 11 heteroatoms. The number of allylic oxidation sites excluding steroid dienone is 1. The Labute approximate surface area is 214 Å². The summed E-state index contributed by atoms with van der Waals surface area (Å²) >= 11 is 4.53. The van der Waals surface area contributed by atoms with Gasteiger partial charge in [0, 0.05) is 17.4 Å². The van der Waals surface area contributed by atoms with Gasteiger partial charge in [-0.1, -0.05) is 45.9 Å². The van der Waals surface area contributed by atoms with E-state index in [0.29, 0.717) is 37.0 Å². The topological polar surface area (TPSA) is 69.0 Å². The molecule has 1 amide bonds. The summed E-state index contributed by atoms with van der Waals surface area (Å²) in [7, 11) is 0. The molecule has 1 N–H and O–H groups in total. The number of amides is 1. The number of aromatic nitrogens is 3. The number of carbonyl (C=O) groups is 1. The van der Waals surface area contributed by atoms with Gasteiger partial charge in [0.15, 0.2) is 5.16 Å². The first-order chi connectivity index (χ1) is 16.7. The maximum Gasteiger partial charge on any atom is 0.418 e. The van der Waals surface area contributed by atoms with Crippen LogP contribution >= 0.6 is 27.7 Å². The molecule has 186 valence electrons. The van der Waals surface area contributed by atoms with Crippen molar-refractivity contribution in [2.45, 2.75) is 37.6 Å². The zero-order chi connectivity index (χ0) is 25.4. The molecule has 0 atom stereocenters. The molecule has 3 aromatic rings. The van der Waals surface area contributed by atoms with Gasteiger partial charge in [0.1, 0.15) is 11.6 Å². The summed E-state index contributed by atoms with van der Waals surface area (Å²) in [6.07, 6.45) is -1.57. The van der Waals surface area contributed by atoms with Gasteiger partial charge in [-0.15, -0.1) is 16.8 Å². The summed E-state index contributed by atoms with van der Waals surface area (Å²) in [4.78, 5) is 12.3. The van der Waals surface area contributed by atoms with E-state index in [4.69, 9.17) is 4.74 Å². The van der Waals surface area contributed by atoms with Gasteiger partial charge in [-0.2, -0.15) is 13.2 Å². The Kier molecular flexibility index (Phi) is 9.39. The number of nitrogens with one attached hydrogen (secondary N) is 1. The van der Waals surface area contributed by atoms with Gasteiger partial charge in [0.25, 0.3) is 0 Å². The molecule has 2 aromatic carbocycles. The monoisotopic (exact) mass is 568 g/mol. The molecule has 0 aliphatic heterocycles. The lowest BCUT2D eigenvalue weighted by atomic mass is 10.1. The van der Waals surface area contributed by atoms with E-state index >= 15 is 0 Å². The first-order valence-corrected chi connectivity index (χ1v) is 12.5. The van der Waals surface area contributed by atoms with E-state index in [2.05, 4.69) is 38.0 Å². The fraction of sp³-hybridized carbons (Fsp3) is 0.292. The lowest BCUT2D eigenvalue weighted by Crippen LogP contribution is -2.18. The molecular weight excluding hydrogens is 545 g/mol. The van der Waals surface area contributed by atoms with Crippen LogP contribution < -0.4 is 10.1 Å². The van der Waals surface area contributed by atoms with Crippen molar-refractivity contribution < 1.29 is 22.7 Å². The third kappa shape index (κ3) is 7.60. The van der Waals surface area contributed by atoms with Crippen molar-refractivity contribution in [3.8, 4) is 5.75 Å². The van der Waals surface area contributed by atoms with Gasteiger partial charge in [0.2, 0.25) is 5.91 Å². The Bertz CT molecular complexity index is 1180. The maximum atomic E-state index is 13.2. The number of carbonyl (C=O) groups excluding carboxylic acids is 1. The van der Waals surface area contributed by atoms with Crippen LogP contribution in [0.25, 0.3) is 0 Å². The Morgan fingerprint density at radius 2 is 2.03 bits per heavy atom. The van der Waals surface area contributed by atoms with Crippen molar-refractivity contribution in [2.75, 3.05) is 17.7 Å². The average molecular weight is 569 g/mol. The van der Waals surface area contributed by atoms with Crippen LogP contribution in [0.2, 0.25) is 0 Å². The summed E-state index contributed by atoms with van der Waals surface area (Å²) in [6, 6.07) is 10.7. The Balaban J connectivity index is 1.56. The number of halogens is 4. The van der Waals surface area contributed by atoms with Crippen molar-refractivity contribution >= 4 is 39.3 Å². The van der Waals surface area contributed by atoms with E-state index in [0.717, 1.165) is 33.6 Å². The minimum Gasteiger partial charge on any atom is -0.493 e. The zero-order valence-electron chi connectivity index (χ0n) is 18.9. The van der Waals surface area contributed by atoms with Crippen molar-refractivity contribution in [1.82, 2.24) is 14.8 Å². The van der Waals surface area contributed by atoms with Crippen LogP contribution in [-0.4, -0.2) is 33.0 Å². The van der Waals surface area contributed by atoms with Crippen molar-refractivity contribution in [3.05, 3.63) is 76.5 Å². The lowest BCUT2D eigenvalue weighted by Gasteiger charge is -2.13. The molecule has 0 bridgehead atoms. The number of benzene rings is 2. The summed E-state index contributed by atoms with van der Waals surface area (Å²) in [5, 5.41) is 11.2. The molecule has 0 spiro atoms. The molecule has 0 radical (unpaired) electrons. The van der Waals surface area contributed by atoms with Gasteiger partial charge in [-0.3, -0.25) is 4.79 Å². The Morgan fingerprint density at radius 1 is 1.26 bits per heavy atom. The number of nitrogens with zero attached hydrogens (tertiary/aromatic N) is 3. The predicted molar refractivity (Wildman–Crippen MR) is 134 cm³/mol. The van der Waals surface area contributed by atoms with Gasteiger partial charge in [-0.25, -0.2) is 0 Å². The normalized spacial score (nSPS) is 11.3. The van der Waals surface area contributed by atoms with Crippen LogP contribution in [0.4, 0.5) is 18.9 Å². The number of aryl methyl sites for hydroxylation is 2. The number of hydrogen-bond acceptors (Lipinski definition) is 5. The van der Waals surface area contributed by atoms with Crippen molar-refractivity contribution in [3.63, 3.8) is 0 Å². The fourth-order valence-electron chi connectivity index (χ4n) is 3.27. The second-order valence-corrected chi connectivity index (χ2v) is 9.40. The van der Waals surface area contributed by atoms with Crippen molar-refractivity contribution in [1.29, 1.82) is 0 Å². The highest BCUT2D eigenvalue weighted by atomic mass is 79.9. The first-order valence-electron chi connectivity index (χ1n) is 10.7. The molecule has 35 heavy (non-hydrogen) atoms. The number of thioether (sulfide) groups is 1. The first kappa shape index (κ1) is 26.8. The predicted octanol–water partition coefficient (Wildman–Crippen LogP) is 6.30. The van der Waals surface area contributed by atoms with Crippen LogP contribution in [0, 0.1) is 6.92 Å². The second kappa shape index (κ2) is 12.3. The summed E-state index contributed by atoms with van der Waals surface area (Å²) in [5.41, 5.74) is -0.139.